The van der Waals surface area contributed by atoms with Crippen LogP contribution in [0.25, 0.3) is 0 Å². The zero-order chi connectivity index (χ0) is 7.61. The van der Waals surface area contributed by atoms with Crippen LogP contribution in [-0.4, -0.2) is 19.6 Å². The Morgan fingerprint density at radius 3 is 2.90 bits per heavy atom. The van der Waals surface area contributed by atoms with Crippen molar-refractivity contribution in [2.24, 2.45) is 0 Å². The molecule has 0 N–H and O–H groups in total. The zero-order valence-electron chi connectivity index (χ0n) is 5.65. The van der Waals surface area contributed by atoms with Gasteiger partial charge in [0.1, 0.15) is 0 Å². The second-order valence-corrected chi connectivity index (χ2v) is 4.37. The van der Waals surface area contributed by atoms with Crippen molar-refractivity contribution < 1.29 is 18.1 Å². The van der Waals surface area contributed by atoms with E-state index >= 15 is 0 Å². The van der Waals surface area contributed by atoms with Crippen LogP contribution in [0.1, 0.15) is 6.42 Å². The molecule has 0 aromatic carbocycles. The molecule has 0 radical (unpaired) electrons. The summed E-state index contributed by atoms with van der Waals surface area (Å²) < 4.78 is 25.4. The van der Waals surface area contributed by atoms with E-state index in [9.17, 15) is 4.57 Å². The predicted octanol–water partition coefficient (Wildman–Crippen LogP) is 1.38. The molecule has 1 fully saturated rings. The number of hydrogen-bond acceptors (Lipinski definition) is 4. The molecule has 0 saturated carbocycles. The zero-order valence-corrected chi connectivity index (χ0v) is 7.70. The Labute approximate surface area is 62.0 Å². The van der Waals surface area contributed by atoms with Gasteiger partial charge >= 0.3 is 7.82 Å². The maximum Gasteiger partial charge on any atom is 0.475 e. The third-order valence-electron chi connectivity index (χ3n) is 1.14. The molecule has 1 aliphatic rings. The first-order valence-corrected chi connectivity index (χ1v) is 5.03. The van der Waals surface area contributed by atoms with Crippen molar-refractivity contribution in [1.29, 1.82) is 0 Å². The van der Waals surface area contributed by atoms with Gasteiger partial charge in [-0.05, 0) is 0 Å². The van der Waals surface area contributed by atoms with Crippen LogP contribution in [0.4, 0.5) is 0 Å². The van der Waals surface area contributed by atoms with E-state index in [-0.39, 0.29) is 5.85 Å². The standard InChI is InChI=1S/C4H10O4P2/c1-6-10(5)7-3-2-4(9)8-10/h4H,2-3,9H2,1H3. The van der Waals surface area contributed by atoms with Gasteiger partial charge < -0.3 is 0 Å². The van der Waals surface area contributed by atoms with Crippen molar-refractivity contribution in [3.8, 4) is 0 Å². The molecule has 6 heteroatoms. The highest BCUT2D eigenvalue weighted by molar-refractivity contribution is 7.48. The third-order valence-corrected chi connectivity index (χ3v) is 3.31. The molecule has 0 amide bonds. The summed E-state index contributed by atoms with van der Waals surface area (Å²) in [5, 5.41) is 0. The lowest BCUT2D eigenvalue weighted by Crippen LogP contribution is -2.15. The maximum atomic E-state index is 11.1. The second-order valence-electron chi connectivity index (χ2n) is 1.90. The van der Waals surface area contributed by atoms with Gasteiger partial charge in [0.15, 0.2) is 0 Å². The molecule has 0 aromatic rings. The predicted molar refractivity (Wildman–Crippen MR) is 39.8 cm³/mol. The SMILES string of the molecule is COP1(=O)OCCC(P)O1. The van der Waals surface area contributed by atoms with E-state index in [1.54, 1.807) is 0 Å². The highest BCUT2D eigenvalue weighted by atomic mass is 31.2. The van der Waals surface area contributed by atoms with Crippen molar-refractivity contribution in [1.82, 2.24) is 0 Å². The number of phosphoric acid groups is 1. The van der Waals surface area contributed by atoms with Gasteiger partial charge in [0.05, 0.1) is 12.5 Å². The molecule has 3 unspecified atom stereocenters. The highest BCUT2D eigenvalue weighted by Crippen LogP contribution is 2.53. The summed E-state index contributed by atoms with van der Waals surface area (Å²) in [5.74, 6) is -0.112. The van der Waals surface area contributed by atoms with Crippen LogP contribution in [0.15, 0.2) is 0 Å². The Kier molecular flexibility index (Phi) is 2.84. The first-order chi connectivity index (χ1) is 4.66. The molecule has 10 heavy (non-hydrogen) atoms. The van der Waals surface area contributed by atoms with Crippen LogP contribution in [0.5, 0.6) is 0 Å². The Bertz CT molecular complexity index is 159. The summed E-state index contributed by atoms with van der Waals surface area (Å²) in [5.41, 5.74) is 0. The first-order valence-electron chi connectivity index (χ1n) is 2.90. The second kappa shape index (κ2) is 3.29. The summed E-state index contributed by atoms with van der Waals surface area (Å²) in [7, 11) is 0.561. The van der Waals surface area contributed by atoms with Gasteiger partial charge in [-0.1, -0.05) is 0 Å². The molecular weight excluding hydrogens is 174 g/mol. The van der Waals surface area contributed by atoms with Crippen LogP contribution in [-0.2, 0) is 18.1 Å². The van der Waals surface area contributed by atoms with Crippen LogP contribution in [0.3, 0.4) is 0 Å². The summed E-state index contributed by atoms with van der Waals surface area (Å²) in [6.45, 7) is 0.430. The fourth-order valence-corrected chi connectivity index (χ4v) is 2.23. The van der Waals surface area contributed by atoms with Gasteiger partial charge in [-0.25, -0.2) is 4.57 Å². The molecule has 1 aliphatic heterocycles. The van der Waals surface area contributed by atoms with E-state index in [0.717, 1.165) is 6.42 Å². The van der Waals surface area contributed by atoms with E-state index in [0.29, 0.717) is 6.61 Å². The van der Waals surface area contributed by atoms with Crippen LogP contribution >= 0.6 is 17.1 Å². The van der Waals surface area contributed by atoms with Gasteiger partial charge in [0, 0.05) is 13.5 Å². The number of phosphoric ester groups is 1. The fraction of sp³-hybridized carbons (Fsp3) is 1.00. The maximum absolute atomic E-state index is 11.1. The molecule has 0 aliphatic carbocycles. The molecule has 4 nitrogen and oxygen atoms in total. The Hall–Kier alpha value is 0.540. The van der Waals surface area contributed by atoms with Crippen molar-refractivity contribution in [2.45, 2.75) is 12.3 Å². The molecule has 0 spiro atoms. The molecular formula is C4H10O4P2. The van der Waals surface area contributed by atoms with E-state index < -0.39 is 7.82 Å². The minimum Gasteiger partial charge on any atom is -0.290 e. The molecule has 1 saturated heterocycles. The average Bonchev–Trinajstić information content (AvgIpc) is 1.88. The highest BCUT2D eigenvalue weighted by Gasteiger charge is 2.31. The summed E-state index contributed by atoms with van der Waals surface area (Å²) >= 11 is 0. The van der Waals surface area contributed by atoms with E-state index in [1.165, 1.54) is 7.11 Å². The monoisotopic (exact) mass is 184 g/mol. The van der Waals surface area contributed by atoms with E-state index in [1.807, 2.05) is 0 Å². The normalized spacial score (nSPS) is 41.6. The van der Waals surface area contributed by atoms with Gasteiger partial charge in [0.25, 0.3) is 0 Å². The Balaban J connectivity index is 2.54. The molecule has 60 valence electrons. The largest absolute Gasteiger partial charge is 0.475 e. The summed E-state index contributed by atoms with van der Waals surface area (Å²) in [6, 6.07) is 0. The summed E-state index contributed by atoms with van der Waals surface area (Å²) in [6.07, 6.45) is 0.734. The van der Waals surface area contributed by atoms with Crippen molar-refractivity contribution in [2.75, 3.05) is 13.7 Å². The Morgan fingerprint density at radius 1 is 1.80 bits per heavy atom. The average molecular weight is 184 g/mol. The van der Waals surface area contributed by atoms with E-state index in [2.05, 4.69) is 13.8 Å². The Morgan fingerprint density at radius 2 is 2.50 bits per heavy atom. The van der Waals surface area contributed by atoms with Crippen LogP contribution < -0.4 is 0 Å². The van der Waals surface area contributed by atoms with Crippen LogP contribution in [0.2, 0.25) is 0 Å². The van der Waals surface area contributed by atoms with Crippen molar-refractivity contribution >= 4 is 17.1 Å². The minimum atomic E-state index is -3.17. The minimum absolute atomic E-state index is 0.112. The van der Waals surface area contributed by atoms with Gasteiger partial charge in [-0.3, -0.25) is 13.6 Å². The van der Waals surface area contributed by atoms with Crippen LogP contribution in [0, 0.1) is 0 Å². The third kappa shape index (κ3) is 2.01. The van der Waals surface area contributed by atoms with E-state index in [4.69, 9.17) is 9.05 Å². The summed E-state index contributed by atoms with van der Waals surface area (Å²) in [4.78, 5) is 0. The van der Waals surface area contributed by atoms with Gasteiger partial charge in [-0.2, -0.15) is 0 Å². The number of rotatable bonds is 1. The smallest absolute Gasteiger partial charge is 0.290 e. The molecule has 0 aromatic heterocycles. The van der Waals surface area contributed by atoms with Crippen molar-refractivity contribution in [3.63, 3.8) is 0 Å². The molecule has 1 heterocycles. The molecule has 3 atom stereocenters. The lowest BCUT2D eigenvalue weighted by molar-refractivity contribution is 0.0741. The number of hydrogen-bond donors (Lipinski definition) is 0. The molecule has 1 rings (SSSR count). The van der Waals surface area contributed by atoms with Crippen molar-refractivity contribution in [3.05, 3.63) is 0 Å². The first kappa shape index (κ1) is 8.63. The fourth-order valence-electron chi connectivity index (χ4n) is 0.625. The lowest BCUT2D eigenvalue weighted by Gasteiger charge is -2.24. The van der Waals surface area contributed by atoms with Gasteiger partial charge in [-0.15, -0.1) is 9.24 Å². The van der Waals surface area contributed by atoms with Gasteiger partial charge in [0.2, 0.25) is 0 Å². The molecule has 0 bridgehead atoms. The topological polar surface area (TPSA) is 44.8 Å². The lowest BCUT2D eigenvalue weighted by atomic mass is 10.5. The quantitative estimate of drug-likeness (QED) is 0.577.